The first-order valence-corrected chi connectivity index (χ1v) is 12.5. The molecule has 0 radical (unpaired) electrons. The molecule has 4 aromatic rings. The quantitative estimate of drug-likeness (QED) is 0.430. The highest BCUT2D eigenvalue weighted by atomic mass is 16.5. The van der Waals surface area contributed by atoms with E-state index in [1.807, 2.05) is 18.2 Å². The van der Waals surface area contributed by atoms with E-state index in [1.165, 1.54) is 16.7 Å². The standard InChI is InChI=1S/C30H28N4O2/c1-34-12-11-19-13-18(3-5-21(19)17-34)4-9-26-23-8-6-20(14-28(23)33-32-26)25-16-30(25)24-15-22(36-2)7-10-27(24)31-29(30)35/h3-10,13-15,25H,11-12,16-17H2,1-2H3,(H,31,35)(H,32,33)/t25-,30-/m0/s1. The first-order valence-electron chi connectivity index (χ1n) is 12.5. The van der Waals surface area contributed by atoms with Crippen LogP contribution in [0.15, 0.2) is 54.6 Å². The van der Waals surface area contributed by atoms with Gasteiger partial charge >= 0.3 is 0 Å². The zero-order chi connectivity index (χ0) is 24.4. The molecule has 0 bridgehead atoms. The lowest BCUT2D eigenvalue weighted by molar-refractivity contribution is -0.118. The van der Waals surface area contributed by atoms with Gasteiger partial charge in [0, 0.05) is 30.1 Å². The highest BCUT2D eigenvalue weighted by molar-refractivity contribution is 6.10. The molecular weight excluding hydrogens is 448 g/mol. The van der Waals surface area contributed by atoms with E-state index in [0.717, 1.165) is 65.1 Å². The number of nitrogens with zero attached hydrogens (tertiary/aromatic N) is 2. The van der Waals surface area contributed by atoms with Crippen LogP contribution in [0.2, 0.25) is 0 Å². The lowest BCUT2D eigenvalue weighted by atomic mass is 9.91. The van der Waals surface area contributed by atoms with Crippen molar-refractivity contribution in [3.63, 3.8) is 0 Å². The van der Waals surface area contributed by atoms with Crippen molar-refractivity contribution >= 4 is 34.6 Å². The normalized spacial score (nSPS) is 22.7. The molecule has 2 N–H and O–H groups in total. The minimum atomic E-state index is -0.498. The summed E-state index contributed by atoms with van der Waals surface area (Å²) in [6, 6.07) is 19.0. The predicted octanol–water partition coefficient (Wildman–Crippen LogP) is 5.11. The molecule has 36 heavy (non-hydrogen) atoms. The Bertz CT molecular complexity index is 1570. The summed E-state index contributed by atoms with van der Waals surface area (Å²) in [5.41, 5.74) is 8.59. The summed E-state index contributed by atoms with van der Waals surface area (Å²) in [5.74, 6) is 1.01. The highest BCUT2D eigenvalue weighted by Gasteiger charge is 2.65. The zero-order valence-corrected chi connectivity index (χ0v) is 20.5. The molecule has 7 rings (SSSR count). The van der Waals surface area contributed by atoms with Gasteiger partial charge in [-0.05, 0) is 78.0 Å². The molecule has 1 aliphatic carbocycles. The molecule has 3 aromatic carbocycles. The topological polar surface area (TPSA) is 70.2 Å². The number of hydrogen-bond acceptors (Lipinski definition) is 4. The Labute approximate surface area is 210 Å². The molecule has 3 heterocycles. The van der Waals surface area contributed by atoms with Gasteiger partial charge in [-0.15, -0.1) is 0 Å². The largest absolute Gasteiger partial charge is 0.497 e. The van der Waals surface area contributed by atoms with Gasteiger partial charge < -0.3 is 15.0 Å². The number of ether oxygens (including phenoxy) is 1. The van der Waals surface area contributed by atoms with Crippen LogP contribution in [0.25, 0.3) is 23.1 Å². The van der Waals surface area contributed by atoms with Crippen molar-refractivity contribution in [2.75, 3.05) is 26.0 Å². The molecule has 6 nitrogen and oxygen atoms in total. The van der Waals surface area contributed by atoms with Crippen molar-refractivity contribution in [3.8, 4) is 5.75 Å². The third-order valence-corrected chi connectivity index (χ3v) is 8.21. The summed E-state index contributed by atoms with van der Waals surface area (Å²) in [7, 11) is 3.83. The van der Waals surface area contributed by atoms with Crippen LogP contribution in [0.4, 0.5) is 5.69 Å². The van der Waals surface area contributed by atoms with Gasteiger partial charge in [0.1, 0.15) is 5.75 Å². The molecule has 1 fully saturated rings. The van der Waals surface area contributed by atoms with E-state index in [4.69, 9.17) is 4.74 Å². The Balaban J connectivity index is 1.16. The SMILES string of the molecule is COc1ccc2c(c1)[C@]1(C[C@H]1c1ccc3c(C=Cc4ccc5c(c4)CCN(C)C5)n[nH]c3c1)C(=O)N2. The molecular formula is C30H28N4O2. The van der Waals surface area contributed by atoms with Crippen LogP contribution in [0.3, 0.4) is 0 Å². The van der Waals surface area contributed by atoms with Crippen molar-refractivity contribution in [3.05, 3.63) is 88.1 Å². The number of anilines is 1. The summed E-state index contributed by atoms with van der Waals surface area (Å²) in [6.45, 7) is 2.13. The Morgan fingerprint density at radius 2 is 2.00 bits per heavy atom. The van der Waals surface area contributed by atoms with Gasteiger partial charge in [0.05, 0.1) is 23.7 Å². The molecule has 2 atom stereocenters. The van der Waals surface area contributed by atoms with Crippen molar-refractivity contribution in [2.24, 2.45) is 0 Å². The number of methoxy groups -OCH3 is 1. The Hall–Kier alpha value is -3.90. The maximum Gasteiger partial charge on any atom is 0.235 e. The Morgan fingerprint density at radius 1 is 1.08 bits per heavy atom. The molecule has 3 aliphatic rings. The van der Waals surface area contributed by atoms with Gasteiger partial charge in [-0.1, -0.05) is 36.4 Å². The van der Waals surface area contributed by atoms with Gasteiger partial charge in [0.2, 0.25) is 5.91 Å². The molecule has 0 unspecified atom stereocenters. The Morgan fingerprint density at radius 3 is 2.89 bits per heavy atom. The predicted molar refractivity (Wildman–Crippen MR) is 142 cm³/mol. The summed E-state index contributed by atoms with van der Waals surface area (Å²) >= 11 is 0. The number of carbonyl (C=O) groups is 1. The van der Waals surface area contributed by atoms with E-state index in [9.17, 15) is 4.79 Å². The average Bonchev–Trinajstić information content (AvgIpc) is 3.44. The van der Waals surface area contributed by atoms with E-state index in [-0.39, 0.29) is 11.8 Å². The summed E-state index contributed by atoms with van der Waals surface area (Å²) in [4.78, 5) is 15.4. The van der Waals surface area contributed by atoms with E-state index in [0.29, 0.717) is 0 Å². The van der Waals surface area contributed by atoms with Crippen molar-refractivity contribution in [1.82, 2.24) is 15.1 Å². The smallest absolute Gasteiger partial charge is 0.235 e. The molecule has 2 aliphatic heterocycles. The highest BCUT2D eigenvalue weighted by Crippen LogP contribution is 2.65. The number of hydrogen-bond donors (Lipinski definition) is 2. The second-order valence-corrected chi connectivity index (χ2v) is 10.4. The molecule has 1 amide bonds. The fourth-order valence-electron chi connectivity index (χ4n) is 6.09. The fourth-order valence-corrected chi connectivity index (χ4v) is 6.09. The molecule has 180 valence electrons. The number of H-pyrrole nitrogens is 1. The van der Waals surface area contributed by atoms with Crippen molar-refractivity contribution in [1.29, 1.82) is 0 Å². The molecule has 6 heteroatoms. The summed E-state index contributed by atoms with van der Waals surface area (Å²) in [5, 5.41) is 11.9. The number of aromatic nitrogens is 2. The monoisotopic (exact) mass is 476 g/mol. The van der Waals surface area contributed by atoms with Gasteiger partial charge in [0.25, 0.3) is 0 Å². The van der Waals surface area contributed by atoms with E-state index < -0.39 is 5.41 Å². The minimum Gasteiger partial charge on any atom is -0.497 e. The number of carbonyl (C=O) groups excluding carboxylic acids is 1. The fraction of sp³-hybridized carbons (Fsp3) is 0.267. The van der Waals surface area contributed by atoms with Crippen LogP contribution < -0.4 is 10.1 Å². The Kier molecular flexibility index (Phi) is 4.63. The maximum absolute atomic E-state index is 13.0. The molecule has 1 saturated carbocycles. The van der Waals surface area contributed by atoms with E-state index in [1.54, 1.807) is 7.11 Å². The van der Waals surface area contributed by atoms with Crippen LogP contribution in [-0.2, 0) is 23.2 Å². The number of aromatic amines is 1. The third-order valence-electron chi connectivity index (χ3n) is 8.21. The summed E-state index contributed by atoms with van der Waals surface area (Å²) in [6.07, 6.45) is 6.13. The molecule has 1 spiro atoms. The number of nitrogens with one attached hydrogen (secondary N) is 2. The first-order chi connectivity index (χ1) is 17.5. The second-order valence-electron chi connectivity index (χ2n) is 10.4. The molecule has 0 saturated heterocycles. The van der Waals surface area contributed by atoms with E-state index >= 15 is 0 Å². The number of benzene rings is 3. The van der Waals surface area contributed by atoms with Crippen molar-refractivity contribution < 1.29 is 9.53 Å². The van der Waals surface area contributed by atoms with Crippen LogP contribution >= 0.6 is 0 Å². The lowest BCUT2D eigenvalue weighted by Gasteiger charge is -2.25. The van der Waals surface area contributed by atoms with Crippen LogP contribution in [0.5, 0.6) is 5.75 Å². The average molecular weight is 477 g/mol. The number of likely N-dealkylation sites (N-methyl/N-ethyl adjacent to an activating group) is 1. The van der Waals surface area contributed by atoms with Gasteiger partial charge in [0.15, 0.2) is 0 Å². The molecule has 1 aromatic heterocycles. The minimum absolute atomic E-state index is 0.0841. The van der Waals surface area contributed by atoms with Gasteiger partial charge in [-0.25, -0.2) is 0 Å². The van der Waals surface area contributed by atoms with Crippen LogP contribution in [0.1, 0.15) is 45.8 Å². The first kappa shape index (κ1) is 21.4. The second kappa shape index (κ2) is 7.80. The number of amides is 1. The van der Waals surface area contributed by atoms with Crippen LogP contribution in [-0.4, -0.2) is 41.7 Å². The van der Waals surface area contributed by atoms with Crippen molar-refractivity contribution in [2.45, 2.75) is 30.7 Å². The van der Waals surface area contributed by atoms with Gasteiger partial charge in [-0.3, -0.25) is 9.89 Å². The zero-order valence-electron chi connectivity index (χ0n) is 20.5. The summed E-state index contributed by atoms with van der Waals surface area (Å²) < 4.78 is 5.42. The maximum atomic E-state index is 13.0. The third kappa shape index (κ3) is 3.21. The van der Waals surface area contributed by atoms with Crippen LogP contribution in [0, 0.1) is 0 Å². The van der Waals surface area contributed by atoms with Gasteiger partial charge in [-0.2, -0.15) is 5.10 Å². The number of rotatable bonds is 4. The van der Waals surface area contributed by atoms with E-state index in [2.05, 4.69) is 76.0 Å². The number of fused-ring (bicyclic) bond motifs is 4. The lowest BCUT2D eigenvalue weighted by Crippen LogP contribution is -2.26.